The lowest BCUT2D eigenvalue weighted by molar-refractivity contribution is -0.146. The molecule has 0 saturated carbocycles. The average Bonchev–Trinajstić information content (AvgIpc) is 3.03. The number of hydrogen-bond donors (Lipinski definition) is 0. The fraction of sp³-hybridized carbons (Fsp3) is 0.471. The summed E-state index contributed by atoms with van der Waals surface area (Å²) in [5.74, 6) is 2.86. The maximum absolute atomic E-state index is 12.5. The lowest BCUT2D eigenvalue weighted by Gasteiger charge is -2.39. The monoisotopic (exact) mass is 329 g/mol. The Hall–Kier alpha value is -2.57. The zero-order valence-corrected chi connectivity index (χ0v) is 13.6. The van der Waals surface area contributed by atoms with Gasteiger partial charge in [-0.25, -0.2) is 0 Å². The molecule has 0 aliphatic carbocycles. The summed E-state index contributed by atoms with van der Waals surface area (Å²) in [7, 11) is 0. The number of carbonyl (C=O) groups excluding carboxylic acids is 1. The summed E-state index contributed by atoms with van der Waals surface area (Å²) in [5.41, 5.74) is 0. The lowest BCUT2D eigenvalue weighted by atomic mass is 9.99. The lowest BCUT2D eigenvalue weighted by Crippen LogP contribution is -2.55. The molecular formula is C17H19N3O4. The molecular weight excluding hydrogens is 310 g/mol. The SMILES string of the molecule is CC(C)c1noc(C2CN(C(=O)C3COc4ccccc4O3)C2)n1. The van der Waals surface area contributed by atoms with E-state index in [2.05, 4.69) is 10.1 Å². The molecule has 2 aliphatic heterocycles. The van der Waals surface area contributed by atoms with E-state index in [1.165, 1.54) is 0 Å². The number of rotatable bonds is 3. The Bertz CT molecular complexity index is 752. The molecule has 7 nitrogen and oxygen atoms in total. The van der Waals surface area contributed by atoms with Crippen LogP contribution in [0.2, 0.25) is 0 Å². The Morgan fingerprint density at radius 3 is 2.71 bits per heavy atom. The minimum Gasteiger partial charge on any atom is -0.485 e. The standard InChI is InChI=1S/C17H19N3O4/c1-10(2)15-18-16(24-19-15)11-7-20(8-11)17(21)14-9-22-12-5-3-4-6-13(12)23-14/h3-6,10-11,14H,7-9H2,1-2H3. The molecule has 126 valence electrons. The van der Waals surface area contributed by atoms with Gasteiger partial charge in [0.1, 0.15) is 6.61 Å². The number of fused-ring (bicyclic) bond motifs is 1. The van der Waals surface area contributed by atoms with Crippen LogP contribution in [0.5, 0.6) is 11.5 Å². The van der Waals surface area contributed by atoms with E-state index in [-0.39, 0.29) is 24.3 Å². The summed E-state index contributed by atoms with van der Waals surface area (Å²) < 4.78 is 16.7. The number of ether oxygens (including phenoxy) is 2. The van der Waals surface area contributed by atoms with Gasteiger partial charge in [0.15, 0.2) is 17.3 Å². The van der Waals surface area contributed by atoms with Crippen LogP contribution >= 0.6 is 0 Å². The molecule has 1 aromatic heterocycles. The van der Waals surface area contributed by atoms with Gasteiger partial charge in [-0.15, -0.1) is 0 Å². The molecule has 1 aromatic carbocycles. The number of carbonyl (C=O) groups is 1. The summed E-state index contributed by atoms with van der Waals surface area (Å²) in [5, 5.41) is 3.97. The summed E-state index contributed by atoms with van der Waals surface area (Å²) in [4.78, 5) is 18.7. The van der Waals surface area contributed by atoms with Gasteiger partial charge in [-0.1, -0.05) is 31.1 Å². The van der Waals surface area contributed by atoms with Crippen molar-refractivity contribution >= 4 is 5.91 Å². The highest BCUT2D eigenvalue weighted by molar-refractivity contribution is 5.82. The Kier molecular flexibility index (Phi) is 3.63. The number of nitrogens with zero attached hydrogens (tertiary/aromatic N) is 3. The van der Waals surface area contributed by atoms with Crippen LogP contribution in [0.1, 0.15) is 37.4 Å². The molecule has 0 bridgehead atoms. The van der Waals surface area contributed by atoms with Gasteiger partial charge in [0.05, 0.1) is 5.92 Å². The molecule has 0 N–H and O–H groups in total. The summed E-state index contributed by atoms with van der Waals surface area (Å²) in [6, 6.07) is 7.37. The van der Waals surface area contributed by atoms with Crippen molar-refractivity contribution in [3.63, 3.8) is 0 Å². The molecule has 1 fully saturated rings. The molecule has 1 atom stereocenters. The summed E-state index contributed by atoms with van der Waals surface area (Å²) >= 11 is 0. The van der Waals surface area contributed by atoms with E-state index in [0.29, 0.717) is 36.3 Å². The van der Waals surface area contributed by atoms with Crippen molar-refractivity contribution in [2.45, 2.75) is 31.8 Å². The number of hydrogen-bond acceptors (Lipinski definition) is 6. The highest BCUT2D eigenvalue weighted by atomic mass is 16.6. The van der Waals surface area contributed by atoms with Crippen molar-refractivity contribution in [2.24, 2.45) is 0 Å². The van der Waals surface area contributed by atoms with E-state index in [0.717, 1.165) is 0 Å². The van der Waals surface area contributed by atoms with Crippen molar-refractivity contribution in [1.82, 2.24) is 15.0 Å². The number of amides is 1. The fourth-order valence-corrected chi connectivity index (χ4v) is 2.81. The maximum atomic E-state index is 12.5. The Morgan fingerprint density at radius 1 is 1.25 bits per heavy atom. The molecule has 1 amide bonds. The van der Waals surface area contributed by atoms with E-state index in [4.69, 9.17) is 14.0 Å². The van der Waals surface area contributed by atoms with Gasteiger partial charge in [0.2, 0.25) is 12.0 Å². The van der Waals surface area contributed by atoms with Gasteiger partial charge < -0.3 is 18.9 Å². The molecule has 1 unspecified atom stereocenters. The highest BCUT2D eigenvalue weighted by Gasteiger charge is 2.40. The van der Waals surface area contributed by atoms with Crippen LogP contribution in [0.4, 0.5) is 0 Å². The number of aromatic nitrogens is 2. The number of para-hydroxylation sites is 2. The van der Waals surface area contributed by atoms with Crippen LogP contribution in [0.25, 0.3) is 0 Å². The predicted octanol–water partition coefficient (Wildman–Crippen LogP) is 1.96. The van der Waals surface area contributed by atoms with E-state index < -0.39 is 6.10 Å². The zero-order chi connectivity index (χ0) is 16.7. The zero-order valence-electron chi connectivity index (χ0n) is 13.6. The Morgan fingerprint density at radius 2 is 2.00 bits per heavy atom. The first-order chi connectivity index (χ1) is 11.6. The first-order valence-corrected chi connectivity index (χ1v) is 8.12. The number of benzene rings is 1. The number of likely N-dealkylation sites (tertiary alicyclic amines) is 1. The first kappa shape index (κ1) is 15.0. The van der Waals surface area contributed by atoms with Gasteiger partial charge in [-0.2, -0.15) is 4.98 Å². The van der Waals surface area contributed by atoms with Crippen LogP contribution in [-0.4, -0.2) is 46.7 Å². The largest absolute Gasteiger partial charge is 0.485 e. The fourth-order valence-electron chi connectivity index (χ4n) is 2.81. The third-order valence-corrected chi connectivity index (χ3v) is 4.30. The minimum atomic E-state index is -0.602. The van der Waals surface area contributed by atoms with Crippen molar-refractivity contribution < 1.29 is 18.8 Å². The molecule has 0 spiro atoms. The maximum Gasteiger partial charge on any atom is 0.267 e. The minimum absolute atomic E-state index is 0.0654. The summed E-state index contributed by atoms with van der Waals surface area (Å²) in [6.07, 6.45) is -0.602. The predicted molar refractivity (Wildman–Crippen MR) is 84.1 cm³/mol. The topological polar surface area (TPSA) is 77.7 Å². The van der Waals surface area contributed by atoms with Gasteiger partial charge in [0, 0.05) is 19.0 Å². The van der Waals surface area contributed by atoms with Gasteiger partial charge in [-0.3, -0.25) is 4.79 Å². The normalized spacial score (nSPS) is 20.1. The quantitative estimate of drug-likeness (QED) is 0.856. The second kappa shape index (κ2) is 5.81. The molecule has 7 heteroatoms. The molecule has 2 aromatic rings. The molecule has 3 heterocycles. The molecule has 2 aliphatic rings. The summed E-state index contributed by atoms with van der Waals surface area (Å²) in [6.45, 7) is 5.40. The van der Waals surface area contributed by atoms with Crippen molar-refractivity contribution in [3.8, 4) is 11.5 Å². The van der Waals surface area contributed by atoms with Crippen LogP contribution in [0, 0.1) is 0 Å². The Labute approximate surface area is 139 Å². The highest BCUT2D eigenvalue weighted by Crippen LogP contribution is 2.33. The molecule has 0 radical (unpaired) electrons. The average molecular weight is 329 g/mol. The molecule has 1 saturated heterocycles. The molecule has 24 heavy (non-hydrogen) atoms. The second-order valence-corrected chi connectivity index (χ2v) is 6.45. The first-order valence-electron chi connectivity index (χ1n) is 8.12. The Balaban J connectivity index is 1.36. The van der Waals surface area contributed by atoms with Gasteiger partial charge in [-0.05, 0) is 12.1 Å². The van der Waals surface area contributed by atoms with Crippen LogP contribution in [0.3, 0.4) is 0 Å². The van der Waals surface area contributed by atoms with E-state index >= 15 is 0 Å². The molecule has 4 rings (SSSR count). The van der Waals surface area contributed by atoms with Gasteiger partial charge in [0.25, 0.3) is 5.91 Å². The second-order valence-electron chi connectivity index (χ2n) is 6.45. The van der Waals surface area contributed by atoms with Crippen LogP contribution in [0.15, 0.2) is 28.8 Å². The van der Waals surface area contributed by atoms with Crippen molar-refractivity contribution in [3.05, 3.63) is 36.0 Å². The van der Waals surface area contributed by atoms with Crippen molar-refractivity contribution in [1.29, 1.82) is 0 Å². The van der Waals surface area contributed by atoms with Crippen LogP contribution in [-0.2, 0) is 4.79 Å². The van der Waals surface area contributed by atoms with Crippen LogP contribution < -0.4 is 9.47 Å². The smallest absolute Gasteiger partial charge is 0.267 e. The van der Waals surface area contributed by atoms with E-state index in [1.807, 2.05) is 32.0 Å². The third-order valence-electron chi connectivity index (χ3n) is 4.30. The van der Waals surface area contributed by atoms with Gasteiger partial charge >= 0.3 is 0 Å². The third kappa shape index (κ3) is 2.60. The van der Waals surface area contributed by atoms with Crippen molar-refractivity contribution in [2.75, 3.05) is 19.7 Å². The van der Waals surface area contributed by atoms with E-state index in [1.54, 1.807) is 11.0 Å². The van der Waals surface area contributed by atoms with E-state index in [9.17, 15) is 4.79 Å².